The van der Waals surface area contributed by atoms with Crippen LogP contribution < -0.4 is 10.6 Å². The molecule has 0 bridgehead atoms. The van der Waals surface area contributed by atoms with Gasteiger partial charge in [0.25, 0.3) is 0 Å². The highest BCUT2D eigenvalue weighted by Gasteiger charge is 2.12. The van der Waals surface area contributed by atoms with E-state index in [1.807, 2.05) is 12.3 Å². The molecule has 0 saturated carbocycles. The molecule has 1 aliphatic rings. The Morgan fingerprint density at radius 2 is 2.22 bits per heavy atom. The topological polar surface area (TPSA) is 37.0 Å². The number of pyridine rings is 1. The third-order valence-corrected chi connectivity index (χ3v) is 3.60. The van der Waals surface area contributed by atoms with Gasteiger partial charge < -0.3 is 10.6 Å². The van der Waals surface area contributed by atoms with Crippen LogP contribution in [0.1, 0.15) is 12.0 Å². The Bertz CT molecular complexity index is 513. The molecule has 3 heteroatoms. The van der Waals surface area contributed by atoms with E-state index in [1.54, 1.807) is 0 Å². The Hall–Kier alpha value is -1.45. The van der Waals surface area contributed by atoms with Crippen molar-refractivity contribution in [3.05, 3.63) is 42.1 Å². The monoisotopic (exact) mass is 241 g/mol. The molecule has 0 amide bonds. The van der Waals surface area contributed by atoms with E-state index in [1.165, 1.54) is 17.4 Å². The van der Waals surface area contributed by atoms with Crippen LogP contribution in [-0.2, 0) is 6.42 Å². The van der Waals surface area contributed by atoms with E-state index in [2.05, 4.69) is 39.9 Å². The fourth-order valence-electron chi connectivity index (χ4n) is 2.61. The van der Waals surface area contributed by atoms with Crippen molar-refractivity contribution in [3.63, 3.8) is 0 Å². The molecule has 0 radical (unpaired) electrons. The van der Waals surface area contributed by atoms with Crippen LogP contribution >= 0.6 is 0 Å². The predicted molar refractivity (Wildman–Crippen MR) is 74.7 cm³/mol. The minimum absolute atomic E-state index is 0.646. The van der Waals surface area contributed by atoms with Crippen LogP contribution in [0.4, 0.5) is 0 Å². The SMILES string of the molecule is c1cnc2c(CCNC3CCNC3)cccc2c1. The molecule has 1 aromatic carbocycles. The van der Waals surface area contributed by atoms with Gasteiger partial charge in [-0.1, -0.05) is 24.3 Å². The van der Waals surface area contributed by atoms with Gasteiger partial charge in [0.2, 0.25) is 0 Å². The van der Waals surface area contributed by atoms with Crippen molar-refractivity contribution in [2.24, 2.45) is 0 Å². The highest BCUT2D eigenvalue weighted by atomic mass is 15.0. The Labute approximate surface area is 108 Å². The van der Waals surface area contributed by atoms with Crippen LogP contribution in [0, 0.1) is 0 Å². The molecule has 1 saturated heterocycles. The Morgan fingerprint density at radius 3 is 3.11 bits per heavy atom. The molecule has 2 N–H and O–H groups in total. The summed E-state index contributed by atoms with van der Waals surface area (Å²) in [5.74, 6) is 0. The lowest BCUT2D eigenvalue weighted by Gasteiger charge is -2.11. The third-order valence-electron chi connectivity index (χ3n) is 3.60. The summed E-state index contributed by atoms with van der Waals surface area (Å²) in [6.45, 7) is 3.28. The first-order chi connectivity index (χ1) is 8.93. The minimum Gasteiger partial charge on any atom is -0.315 e. The zero-order chi connectivity index (χ0) is 12.2. The number of hydrogen-bond acceptors (Lipinski definition) is 3. The molecule has 3 nitrogen and oxygen atoms in total. The molecule has 18 heavy (non-hydrogen) atoms. The molecular weight excluding hydrogens is 222 g/mol. The summed E-state index contributed by atoms with van der Waals surface area (Å²) < 4.78 is 0. The van der Waals surface area contributed by atoms with Gasteiger partial charge in [-0.15, -0.1) is 0 Å². The summed E-state index contributed by atoms with van der Waals surface area (Å²) >= 11 is 0. The molecular formula is C15H19N3. The standard InChI is InChI=1S/C15H19N3/c1-3-12-5-2-8-18-15(12)13(4-1)6-10-17-14-7-9-16-11-14/h1-5,8,14,16-17H,6-7,9-11H2. The number of fused-ring (bicyclic) bond motifs is 1. The number of para-hydroxylation sites is 1. The van der Waals surface area contributed by atoms with Gasteiger partial charge >= 0.3 is 0 Å². The van der Waals surface area contributed by atoms with Crippen LogP contribution in [-0.4, -0.2) is 30.7 Å². The number of nitrogens with zero attached hydrogens (tertiary/aromatic N) is 1. The quantitative estimate of drug-likeness (QED) is 0.856. The molecule has 1 fully saturated rings. The summed E-state index contributed by atoms with van der Waals surface area (Å²) in [6.07, 6.45) is 4.17. The summed E-state index contributed by atoms with van der Waals surface area (Å²) in [4.78, 5) is 4.49. The van der Waals surface area contributed by atoms with Crippen LogP contribution in [0.25, 0.3) is 10.9 Å². The van der Waals surface area contributed by atoms with E-state index < -0.39 is 0 Å². The lowest BCUT2D eigenvalue weighted by atomic mass is 10.1. The number of benzene rings is 1. The molecule has 0 spiro atoms. The summed E-state index contributed by atoms with van der Waals surface area (Å²) in [5, 5.41) is 8.21. The number of nitrogens with one attached hydrogen (secondary N) is 2. The molecule has 0 aliphatic carbocycles. The van der Waals surface area contributed by atoms with E-state index in [9.17, 15) is 0 Å². The lowest BCUT2D eigenvalue weighted by Crippen LogP contribution is -2.32. The normalized spacial score (nSPS) is 19.4. The fraction of sp³-hybridized carbons (Fsp3) is 0.400. The van der Waals surface area contributed by atoms with Crippen LogP contribution in [0.3, 0.4) is 0 Å². The first kappa shape index (κ1) is 11.6. The maximum Gasteiger partial charge on any atom is 0.0734 e. The molecule has 2 heterocycles. The van der Waals surface area contributed by atoms with Gasteiger partial charge in [0.05, 0.1) is 5.52 Å². The summed E-state index contributed by atoms with van der Waals surface area (Å²) in [7, 11) is 0. The average molecular weight is 241 g/mol. The van der Waals surface area contributed by atoms with E-state index in [0.717, 1.165) is 31.6 Å². The van der Waals surface area contributed by atoms with Crippen molar-refractivity contribution in [3.8, 4) is 0 Å². The van der Waals surface area contributed by atoms with Gasteiger partial charge in [-0.3, -0.25) is 4.98 Å². The first-order valence-corrected chi connectivity index (χ1v) is 6.70. The van der Waals surface area contributed by atoms with Crippen molar-refractivity contribution in [1.29, 1.82) is 0 Å². The van der Waals surface area contributed by atoms with Gasteiger partial charge in [-0.05, 0) is 37.6 Å². The molecule has 1 aliphatic heterocycles. The molecule has 1 aromatic heterocycles. The Morgan fingerprint density at radius 1 is 1.28 bits per heavy atom. The van der Waals surface area contributed by atoms with E-state index in [0.29, 0.717) is 6.04 Å². The second kappa shape index (κ2) is 5.46. The maximum atomic E-state index is 4.49. The van der Waals surface area contributed by atoms with E-state index >= 15 is 0 Å². The Kier molecular flexibility index (Phi) is 3.53. The molecule has 1 unspecified atom stereocenters. The zero-order valence-corrected chi connectivity index (χ0v) is 10.5. The number of aromatic nitrogens is 1. The summed E-state index contributed by atoms with van der Waals surface area (Å²) in [6, 6.07) is 11.2. The Balaban J connectivity index is 1.66. The van der Waals surface area contributed by atoms with Gasteiger partial charge in [-0.25, -0.2) is 0 Å². The molecule has 3 rings (SSSR count). The molecule has 94 valence electrons. The zero-order valence-electron chi connectivity index (χ0n) is 10.5. The van der Waals surface area contributed by atoms with Crippen molar-refractivity contribution in [1.82, 2.24) is 15.6 Å². The largest absolute Gasteiger partial charge is 0.315 e. The highest BCUT2D eigenvalue weighted by molar-refractivity contribution is 5.81. The smallest absolute Gasteiger partial charge is 0.0734 e. The fourth-order valence-corrected chi connectivity index (χ4v) is 2.61. The van der Waals surface area contributed by atoms with Crippen molar-refractivity contribution < 1.29 is 0 Å². The predicted octanol–water partition coefficient (Wildman–Crippen LogP) is 1.73. The van der Waals surface area contributed by atoms with Crippen LogP contribution in [0.15, 0.2) is 36.5 Å². The van der Waals surface area contributed by atoms with Crippen molar-refractivity contribution in [2.45, 2.75) is 18.9 Å². The maximum absolute atomic E-state index is 4.49. The van der Waals surface area contributed by atoms with Crippen molar-refractivity contribution in [2.75, 3.05) is 19.6 Å². The average Bonchev–Trinajstić information content (AvgIpc) is 2.92. The highest BCUT2D eigenvalue weighted by Crippen LogP contribution is 2.16. The van der Waals surface area contributed by atoms with Gasteiger partial charge in [-0.2, -0.15) is 0 Å². The first-order valence-electron chi connectivity index (χ1n) is 6.70. The van der Waals surface area contributed by atoms with Crippen molar-refractivity contribution >= 4 is 10.9 Å². The molecule has 2 aromatic rings. The number of hydrogen-bond donors (Lipinski definition) is 2. The summed E-state index contributed by atoms with van der Waals surface area (Å²) in [5.41, 5.74) is 2.48. The van der Waals surface area contributed by atoms with Gasteiger partial charge in [0.1, 0.15) is 0 Å². The number of rotatable bonds is 4. The minimum atomic E-state index is 0.646. The van der Waals surface area contributed by atoms with Crippen LogP contribution in [0.2, 0.25) is 0 Å². The van der Waals surface area contributed by atoms with Gasteiger partial charge in [0, 0.05) is 24.2 Å². The van der Waals surface area contributed by atoms with E-state index in [4.69, 9.17) is 0 Å². The van der Waals surface area contributed by atoms with Crippen LogP contribution in [0.5, 0.6) is 0 Å². The third kappa shape index (κ3) is 2.52. The second-order valence-corrected chi connectivity index (χ2v) is 4.89. The lowest BCUT2D eigenvalue weighted by molar-refractivity contribution is 0.551. The second-order valence-electron chi connectivity index (χ2n) is 4.89. The van der Waals surface area contributed by atoms with Gasteiger partial charge in [0.15, 0.2) is 0 Å². The van der Waals surface area contributed by atoms with E-state index in [-0.39, 0.29) is 0 Å². The molecule has 1 atom stereocenters.